The summed E-state index contributed by atoms with van der Waals surface area (Å²) in [6.45, 7) is 0.697. The van der Waals surface area contributed by atoms with Gasteiger partial charge in [-0.05, 0) is 23.3 Å². The van der Waals surface area contributed by atoms with E-state index in [2.05, 4.69) is 0 Å². The lowest BCUT2D eigenvalue weighted by Gasteiger charge is -2.11. The molecule has 1 aliphatic heterocycles. The normalized spacial score (nSPS) is 12.8. The number of nitrogens with zero attached hydrogens (tertiary/aromatic N) is 2. The summed E-state index contributed by atoms with van der Waals surface area (Å²) in [5.41, 5.74) is 11.5. The van der Waals surface area contributed by atoms with Crippen LogP contribution in [-0.4, -0.2) is 16.2 Å². The van der Waals surface area contributed by atoms with Gasteiger partial charge >= 0.3 is 0 Å². The van der Waals surface area contributed by atoms with E-state index in [1.165, 1.54) is 0 Å². The first-order valence-corrected chi connectivity index (χ1v) is 8.37. The number of nitrogens with two attached hydrogens (primary N) is 1. The van der Waals surface area contributed by atoms with Crippen LogP contribution in [0, 0.1) is 0 Å². The van der Waals surface area contributed by atoms with E-state index in [1.54, 1.807) is 0 Å². The van der Waals surface area contributed by atoms with E-state index in [9.17, 15) is 4.79 Å². The van der Waals surface area contributed by atoms with Crippen LogP contribution < -0.4 is 5.73 Å². The molecule has 4 rings (SSSR count). The second-order valence-electron chi connectivity index (χ2n) is 6.06. The van der Waals surface area contributed by atoms with Crippen LogP contribution in [0.1, 0.15) is 16.7 Å². The maximum Gasteiger partial charge on any atom is 0.237 e. The molecular formula is C20H16ClN3O. The molecule has 0 fully saturated rings. The maximum absolute atomic E-state index is 11.2. The summed E-state index contributed by atoms with van der Waals surface area (Å²) in [6, 6.07) is 15.9. The van der Waals surface area contributed by atoms with Crippen LogP contribution >= 0.6 is 11.6 Å². The Balaban J connectivity index is 1.90. The van der Waals surface area contributed by atoms with Gasteiger partial charge in [-0.2, -0.15) is 0 Å². The molecule has 0 aliphatic carbocycles. The second-order valence-corrected chi connectivity index (χ2v) is 6.49. The molecule has 2 heterocycles. The highest BCUT2D eigenvalue weighted by atomic mass is 35.5. The van der Waals surface area contributed by atoms with Crippen molar-refractivity contribution >= 4 is 23.2 Å². The Morgan fingerprint density at radius 1 is 1.08 bits per heavy atom. The van der Waals surface area contributed by atoms with Crippen LogP contribution in [0.25, 0.3) is 11.1 Å². The Bertz CT molecular complexity index is 989. The van der Waals surface area contributed by atoms with Gasteiger partial charge in [0.2, 0.25) is 5.91 Å². The van der Waals surface area contributed by atoms with Crippen molar-refractivity contribution in [2.45, 2.75) is 13.1 Å². The number of hydrogen-bond acceptors (Lipinski definition) is 2. The molecule has 25 heavy (non-hydrogen) atoms. The number of aliphatic imine (C=N–C) groups is 1. The molecule has 3 aromatic rings. The predicted octanol–water partition coefficient (Wildman–Crippen LogP) is 3.64. The van der Waals surface area contributed by atoms with E-state index in [0.29, 0.717) is 11.6 Å². The first kappa shape index (κ1) is 15.7. The Morgan fingerprint density at radius 3 is 2.64 bits per heavy atom. The van der Waals surface area contributed by atoms with Crippen molar-refractivity contribution in [3.05, 3.63) is 82.6 Å². The van der Waals surface area contributed by atoms with Gasteiger partial charge in [0, 0.05) is 34.1 Å². The van der Waals surface area contributed by atoms with Gasteiger partial charge in [-0.25, -0.2) is 0 Å². The predicted molar refractivity (Wildman–Crippen MR) is 99.9 cm³/mol. The smallest absolute Gasteiger partial charge is 0.237 e. The molecule has 0 atom stereocenters. The molecule has 1 aliphatic rings. The maximum atomic E-state index is 11.2. The molecule has 5 heteroatoms. The number of benzene rings is 2. The summed E-state index contributed by atoms with van der Waals surface area (Å²) < 4.78 is 1.81. The van der Waals surface area contributed by atoms with E-state index < -0.39 is 0 Å². The van der Waals surface area contributed by atoms with Gasteiger partial charge in [-0.15, -0.1) is 0 Å². The molecule has 1 amide bonds. The number of amides is 1. The number of fused-ring (bicyclic) bond motifs is 3. The molecule has 0 bridgehead atoms. The lowest BCUT2D eigenvalue weighted by Crippen LogP contribution is -2.17. The molecule has 2 aromatic carbocycles. The van der Waals surface area contributed by atoms with Gasteiger partial charge in [0.15, 0.2) is 0 Å². The van der Waals surface area contributed by atoms with Crippen molar-refractivity contribution in [2.24, 2.45) is 10.7 Å². The van der Waals surface area contributed by atoms with Crippen LogP contribution in [-0.2, 0) is 17.9 Å². The van der Waals surface area contributed by atoms with Crippen molar-refractivity contribution in [3.63, 3.8) is 0 Å². The number of carbonyl (C=O) groups is 1. The largest absolute Gasteiger partial charge is 0.368 e. The van der Waals surface area contributed by atoms with Gasteiger partial charge in [0.05, 0.1) is 12.3 Å². The van der Waals surface area contributed by atoms with Crippen molar-refractivity contribution in [1.29, 1.82) is 0 Å². The zero-order valence-electron chi connectivity index (χ0n) is 13.4. The third-order valence-corrected chi connectivity index (χ3v) is 4.52. The van der Waals surface area contributed by atoms with E-state index in [0.717, 1.165) is 33.5 Å². The zero-order chi connectivity index (χ0) is 17.4. The van der Waals surface area contributed by atoms with Gasteiger partial charge in [-0.1, -0.05) is 48.0 Å². The molecule has 2 N–H and O–H groups in total. The number of aromatic nitrogens is 1. The average Bonchev–Trinajstić information content (AvgIpc) is 2.91. The summed E-state index contributed by atoms with van der Waals surface area (Å²) in [5.74, 6) is -0.366. The van der Waals surface area contributed by atoms with E-state index >= 15 is 0 Å². The Labute approximate surface area is 150 Å². The number of primary amides is 1. The summed E-state index contributed by atoms with van der Waals surface area (Å²) in [7, 11) is 0. The zero-order valence-corrected chi connectivity index (χ0v) is 14.2. The molecule has 0 saturated carbocycles. The summed E-state index contributed by atoms with van der Waals surface area (Å²) in [4.78, 5) is 16.1. The lowest BCUT2D eigenvalue weighted by molar-refractivity contribution is -0.118. The van der Waals surface area contributed by atoms with E-state index in [1.807, 2.05) is 65.5 Å². The highest BCUT2D eigenvalue weighted by Crippen LogP contribution is 2.34. The summed E-state index contributed by atoms with van der Waals surface area (Å²) in [5, 5.41) is 0.669. The number of carbonyl (C=O) groups excluding carboxylic acids is 1. The molecule has 0 radical (unpaired) electrons. The van der Waals surface area contributed by atoms with Gasteiger partial charge in [0.1, 0.15) is 6.54 Å². The average molecular weight is 350 g/mol. The number of hydrogen-bond donors (Lipinski definition) is 1. The first-order valence-electron chi connectivity index (χ1n) is 7.99. The minimum Gasteiger partial charge on any atom is -0.368 e. The fourth-order valence-corrected chi connectivity index (χ4v) is 3.41. The third kappa shape index (κ3) is 2.96. The van der Waals surface area contributed by atoms with Gasteiger partial charge < -0.3 is 10.3 Å². The fourth-order valence-electron chi connectivity index (χ4n) is 3.23. The minimum atomic E-state index is -0.366. The third-order valence-electron chi connectivity index (χ3n) is 4.28. The SMILES string of the molecule is NC(=O)Cn1cc2c(c1)-c1ccc(Cl)cc1C(c1ccccc1)=NC2. The summed E-state index contributed by atoms with van der Waals surface area (Å²) in [6.07, 6.45) is 3.90. The van der Waals surface area contributed by atoms with Crippen molar-refractivity contribution in [3.8, 4) is 11.1 Å². The molecular weight excluding hydrogens is 334 g/mol. The van der Waals surface area contributed by atoms with Gasteiger partial charge in [-0.3, -0.25) is 9.79 Å². The molecule has 1 aromatic heterocycles. The van der Waals surface area contributed by atoms with Crippen molar-refractivity contribution in [1.82, 2.24) is 4.57 Å². The second kappa shape index (κ2) is 6.22. The molecule has 4 nitrogen and oxygen atoms in total. The minimum absolute atomic E-state index is 0.158. The molecule has 0 saturated heterocycles. The highest BCUT2D eigenvalue weighted by molar-refractivity contribution is 6.31. The van der Waals surface area contributed by atoms with Gasteiger partial charge in [0.25, 0.3) is 0 Å². The Kier molecular flexibility index (Phi) is 3.90. The topological polar surface area (TPSA) is 60.4 Å². The first-order chi connectivity index (χ1) is 12.1. The number of halogens is 1. The van der Waals surface area contributed by atoms with Crippen LogP contribution in [0.4, 0.5) is 0 Å². The summed E-state index contributed by atoms with van der Waals surface area (Å²) >= 11 is 6.26. The van der Waals surface area contributed by atoms with Crippen LogP contribution in [0.15, 0.2) is 65.9 Å². The molecule has 0 spiro atoms. The fraction of sp³-hybridized carbons (Fsp3) is 0.100. The quantitative estimate of drug-likeness (QED) is 0.771. The van der Waals surface area contributed by atoms with Crippen molar-refractivity contribution in [2.75, 3.05) is 0 Å². The molecule has 124 valence electrons. The van der Waals surface area contributed by atoms with E-state index in [4.69, 9.17) is 22.3 Å². The Hall–Kier alpha value is -2.85. The monoisotopic (exact) mass is 349 g/mol. The lowest BCUT2D eigenvalue weighted by atomic mass is 9.94. The highest BCUT2D eigenvalue weighted by Gasteiger charge is 2.21. The molecule has 0 unspecified atom stereocenters. The van der Waals surface area contributed by atoms with Crippen molar-refractivity contribution < 1.29 is 4.79 Å². The van der Waals surface area contributed by atoms with Crippen LogP contribution in [0.2, 0.25) is 5.02 Å². The standard InChI is InChI=1S/C20H16ClN3O/c21-15-6-7-16-17(8-15)20(13-4-2-1-3-5-13)23-9-14-10-24(11-18(14)16)12-19(22)25/h1-8,10-11H,9,12H2,(H2,22,25). The van der Waals surface area contributed by atoms with Crippen LogP contribution in [0.3, 0.4) is 0 Å². The van der Waals surface area contributed by atoms with E-state index in [-0.39, 0.29) is 12.5 Å². The Morgan fingerprint density at radius 2 is 1.88 bits per heavy atom. The van der Waals surface area contributed by atoms with Crippen LogP contribution in [0.5, 0.6) is 0 Å². The number of rotatable bonds is 3.